The number of fused-ring (bicyclic) bond motifs is 1. The summed E-state index contributed by atoms with van der Waals surface area (Å²) in [5.41, 5.74) is 3.34. The summed E-state index contributed by atoms with van der Waals surface area (Å²) in [6.45, 7) is 0.499. The van der Waals surface area contributed by atoms with Crippen molar-refractivity contribution in [1.82, 2.24) is 9.97 Å². The molecule has 2 aromatic carbocycles. The van der Waals surface area contributed by atoms with Crippen molar-refractivity contribution in [3.8, 4) is 0 Å². The van der Waals surface area contributed by atoms with Crippen molar-refractivity contribution in [2.45, 2.75) is 13.0 Å². The first-order valence-corrected chi connectivity index (χ1v) is 9.71. The van der Waals surface area contributed by atoms with Gasteiger partial charge in [-0.1, -0.05) is 41.9 Å². The second-order valence-electron chi connectivity index (χ2n) is 6.07. The first-order chi connectivity index (χ1) is 13.6. The Morgan fingerprint density at radius 2 is 2.11 bits per heavy atom. The van der Waals surface area contributed by atoms with Gasteiger partial charge in [-0.25, -0.2) is 14.8 Å². The number of methoxy groups -OCH3 is 1. The van der Waals surface area contributed by atoms with Gasteiger partial charge in [0.2, 0.25) is 0 Å². The van der Waals surface area contributed by atoms with Crippen molar-refractivity contribution in [1.29, 1.82) is 0 Å². The second kappa shape index (κ2) is 8.00. The van der Waals surface area contributed by atoms with E-state index in [4.69, 9.17) is 20.8 Å². The summed E-state index contributed by atoms with van der Waals surface area (Å²) < 4.78 is 11.3. The summed E-state index contributed by atoms with van der Waals surface area (Å²) in [4.78, 5) is 21.6. The molecule has 0 saturated heterocycles. The van der Waals surface area contributed by atoms with E-state index in [2.05, 4.69) is 15.3 Å². The molecule has 2 heterocycles. The number of oxazole rings is 1. The molecule has 0 atom stereocenters. The topological polar surface area (TPSA) is 77.2 Å². The van der Waals surface area contributed by atoms with E-state index in [1.807, 2.05) is 30.3 Å². The zero-order valence-corrected chi connectivity index (χ0v) is 16.5. The first kappa shape index (κ1) is 18.5. The third-order valence-corrected chi connectivity index (χ3v) is 5.25. The van der Waals surface area contributed by atoms with E-state index in [0.29, 0.717) is 45.7 Å². The number of nitrogens with one attached hydrogen (secondary N) is 1. The number of benzene rings is 2. The number of rotatable bonds is 6. The number of ether oxygens (including phenoxy) is 1. The minimum absolute atomic E-state index is 0.402. The number of esters is 1. The Balaban J connectivity index is 1.69. The van der Waals surface area contributed by atoms with Crippen LogP contribution in [-0.2, 0) is 17.7 Å². The van der Waals surface area contributed by atoms with Crippen LogP contribution in [0.4, 0.5) is 5.69 Å². The molecule has 0 aliphatic rings. The molecule has 28 heavy (non-hydrogen) atoms. The molecule has 0 radical (unpaired) electrons. The molecule has 0 amide bonds. The first-order valence-electron chi connectivity index (χ1n) is 8.52. The highest BCUT2D eigenvalue weighted by atomic mass is 35.5. The minimum atomic E-state index is -0.432. The Kier molecular flexibility index (Phi) is 5.27. The molecule has 0 unspecified atom stereocenters. The summed E-state index contributed by atoms with van der Waals surface area (Å²) in [6, 6.07) is 13.3. The van der Waals surface area contributed by atoms with Crippen LogP contribution in [0, 0.1) is 0 Å². The standard InChI is InChI=1S/C20H16ClN3O3S/c1-26-19(25)13-8-15(22-10-14-11-23-20(21)28-14)18-16(9-13)24-17(27-18)7-12-5-3-2-4-6-12/h2-6,8-9,11,22H,7,10H2,1H3. The van der Waals surface area contributed by atoms with E-state index in [1.54, 1.807) is 18.3 Å². The fraction of sp³-hybridized carbons (Fsp3) is 0.150. The number of nitrogens with zero attached hydrogens (tertiary/aromatic N) is 2. The average molecular weight is 414 g/mol. The van der Waals surface area contributed by atoms with Crippen LogP contribution in [0.1, 0.15) is 26.7 Å². The molecule has 4 aromatic rings. The molecule has 0 fully saturated rings. The van der Waals surface area contributed by atoms with E-state index in [0.717, 1.165) is 10.4 Å². The molecule has 0 aliphatic heterocycles. The molecule has 1 N–H and O–H groups in total. The molecule has 142 valence electrons. The molecule has 0 spiro atoms. The second-order valence-corrected chi connectivity index (χ2v) is 7.76. The van der Waals surface area contributed by atoms with Gasteiger partial charge in [0.15, 0.2) is 15.9 Å². The lowest BCUT2D eigenvalue weighted by Gasteiger charge is -2.07. The van der Waals surface area contributed by atoms with E-state index in [1.165, 1.54) is 18.4 Å². The number of aromatic nitrogens is 2. The average Bonchev–Trinajstić information content (AvgIpc) is 3.31. The number of halogens is 1. The molecule has 4 rings (SSSR count). The molecular weight excluding hydrogens is 398 g/mol. The maximum Gasteiger partial charge on any atom is 0.338 e. The Hall–Kier alpha value is -2.90. The van der Waals surface area contributed by atoms with E-state index in [-0.39, 0.29) is 0 Å². The number of hydrogen-bond acceptors (Lipinski definition) is 7. The van der Waals surface area contributed by atoms with Crippen LogP contribution in [0.2, 0.25) is 4.47 Å². The zero-order valence-electron chi connectivity index (χ0n) is 14.9. The Morgan fingerprint density at radius 1 is 1.29 bits per heavy atom. The minimum Gasteiger partial charge on any atom is -0.465 e. The molecular formula is C20H16ClN3O3S. The van der Waals surface area contributed by atoms with Crippen molar-refractivity contribution in [3.05, 3.63) is 75.0 Å². The van der Waals surface area contributed by atoms with Gasteiger partial charge in [0.1, 0.15) is 5.52 Å². The summed E-state index contributed by atoms with van der Waals surface area (Å²) >= 11 is 7.28. The zero-order chi connectivity index (χ0) is 19.5. The van der Waals surface area contributed by atoms with Gasteiger partial charge in [0.25, 0.3) is 0 Å². The number of carbonyl (C=O) groups is 1. The van der Waals surface area contributed by atoms with E-state index in [9.17, 15) is 4.79 Å². The van der Waals surface area contributed by atoms with Gasteiger partial charge in [-0.15, -0.1) is 11.3 Å². The largest absolute Gasteiger partial charge is 0.465 e. The third kappa shape index (κ3) is 4.00. The highest BCUT2D eigenvalue weighted by Gasteiger charge is 2.16. The van der Waals surface area contributed by atoms with E-state index < -0.39 is 5.97 Å². The van der Waals surface area contributed by atoms with Crippen molar-refractivity contribution in [2.75, 3.05) is 12.4 Å². The van der Waals surface area contributed by atoms with Crippen molar-refractivity contribution >= 4 is 45.7 Å². The van der Waals surface area contributed by atoms with Crippen molar-refractivity contribution in [3.63, 3.8) is 0 Å². The number of hydrogen-bond donors (Lipinski definition) is 1. The lowest BCUT2D eigenvalue weighted by atomic mass is 10.1. The fourth-order valence-corrected chi connectivity index (χ4v) is 3.76. The van der Waals surface area contributed by atoms with Crippen LogP contribution in [0.15, 0.2) is 53.1 Å². The van der Waals surface area contributed by atoms with Gasteiger partial charge < -0.3 is 14.5 Å². The van der Waals surface area contributed by atoms with Crippen LogP contribution in [0.25, 0.3) is 11.1 Å². The van der Waals surface area contributed by atoms with Crippen LogP contribution in [0.5, 0.6) is 0 Å². The molecule has 2 aromatic heterocycles. The Labute approximate surface area is 170 Å². The number of anilines is 1. The smallest absolute Gasteiger partial charge is 0.338 e. The summed E-state index contributed by atoms with van der Waals surface area (Å²) in [5.74, 6) is 0.144. The molecule has 8 heteroatoms. The highest BCUT2D eigenvalue weighted by Crippen LogP contribution is 2.29. The maximum atomic E-state index is 12.1. The highest BCUT2D eigenvalue weighted by molar-refractivity contribution is 7.15. The normalized spacial score (nSPS) is 10.9. The number of thiazole rings is 1. The summed E-state index contributed by atoms with van der Waals surface area (Å²) in [6.07, 6.45) is 2.27. The SMILES string of the molecule is COC(=O)c1cc(NCc2cnc(Cl)s2)c2oc(Cc3ccccc3)nc2c1. The monoisotopic (exact) mass is 413 g/mol. The van der Waals surface area contributed by atoms with Crippen LogP contribution >= 0.6 is 22.9 Å². The Morgan fingerprint density at radius 3 is 2.82 bits per heavy atom. The lowest BCUT2D eigenvalue weighted by molar-refractivity contribution is 0.0601. The van der Waals surface area contributed by atoms with Gasteiger partial charge in [0, 0.05) is 17.5 Å². The van der Waals surface area contributed by atoms with Gasteiger partial charge in [-0.2, -0.15) is 0 Å². The van der Waals surface area contributed by atoms with Crippen LogP contribution in [-0.4, -0.2) is 23.0 Å². The Bertz CT molecular complexity index is 1120. The van der Waals surface area contributed by atoms with Gasteiger partial charge in [0.05, 0.1) is 24.9 Å². The fourth-order valence-electron chi connectivity index (χ4n) is 2.84. The molecule has 6 nitrogen and oxygen atoms in total. The van der Waals surface area contributed by atoms with Crippen LogP contribution < -0.4 is 5.32 Å². The van der Waals surface area contributed by atoms with Crippen molar-refractivity contribution in [2.24, 2.45) is 0 Å². The van der Waals surface area contributed by atoms with Gasteiger partial charge >= 0.3 is 5.97 Å². The maximum absolute atomic E-state index is 12.1. The molecule has 0 aliphatic carbocycles. The van der Waals surface area contributed by atoms with Gasteiger partial charge in [-0.05, 0) is 17.7 Å². The predicted molar refractivity (Wildman–Crippen MR) is 109 cm³/mol. The van der Waals surface area contributed by atoms with Gasteiger partial charge in [-0.3, -0.25) is 0 Å². The summed E-state index contributed by atoms with van der Waals surface area (Å²) in [7, 11) is 1.35. The molecule has 0 bridgehead atoms. The lowest BCUT2D eigenvalue weighted by Crippen LogP contribution is -2.04. The van der Waals surface area contributed by atoms with Crippen molar-refractivity contribution < 1.29 is 13.9 Å². The van der Waals surface area contributed by atoms with E-state index >= 15 is 0 Å². The summed E-state index contributed by atoms with van der Waals surface area (Å²) in [5, 5.41) is 3.28. The quantitative estimate of drug-likeness (QED) is 0.452. The number of carbonyl (C=O) groups excluding carboxylic acids is 1. The molecule has 0 saturated carbocycles. The third-order valence-electron chi connectivity index (χ3n) is 4.13. The van der Waals surface area contributed by atoms with Crippen LogP contribution in [0.3, 0.4) is 0 Å². The predicted octanol–water partition coefficient (Wildman–Crippen LogP) is 4.93.